The second kappa shape index (κ2) is 12.4. The molecule has 0 saturated heterocycles. The Labute approximate surface area is 200 Å². The maximum Gasteiger partial charge on any atom is 0.315 e. The molecule has 4 amide bonds. The summed E-state index contributed by atoms with van der Waals surface area (Å²) < 4.78 is 18.3. The van der Waals surface area contributed by atoms with E-state index >= 15 is 0 Å². The Balaban J connectivity index is 1.32. The predicted octanol–water partition coefficient (Wildman–Crippen LogP) is 2.39. The molecular formula is C25H22FN5O4. The lowest BCUT2D eigenvalue weighted by Crippen LogP contribution is -2.49. The first-order valence-corrected chi connectivity index (χ1v) is 10.5. The highest BCUT2D eigenvalue weighted by atomic mass is 19.1. The zero-order valence-electron chi connectivity index (χ0n) is 18.5. The van der Waals surface area contributed by atoms with E-state index in [0.29, 0.717) is 16.9 Å². The van der Waals surface area contributed by atoms with Gasteiger partial charge in [-0.05, 0) is 53.1 Å². The molecule has 0 unspecified atom stereocenters. The fourth-order valence-corrected chi connectivity index (χ4v) is 2.86. The average molecular weight is 475 g/mol. The third-order valence-electron chi connectivity index (χ3n) is 4.69. The number of carbonyl (C=O) groups is 3. The SMILES string of the molecule is N#Cc1ccc(-c2ccc(OCC(=O)NNC(=O)CNC(=O)NCc3ccc(F)cc3)cc2)cc1. The van der Waals surface area contributed by atoms with E-state index < -0.39 is 17.8 Å². The highest BCUT2D eigenvalue weighted by Gasteiger charge is 2.08. The fraction of sp³-hybridized carbons (Fsp3) is 0.120. The van der Waals surface area contributed by atoms with Gasteiger partial charge in [-0.25, -0.2) is 9.18 Å². The summed E-state index contributed by atoms with van der Waals surface area (Å²) in [6.07, 6.45) is 0. The van der Waals surface area contributed by atoms with Gasteiger partial charge in [0.1, 0.15) is 18.1 Å². The Morgan fingerprint density at radius 1 is 0.800 bits per heavy atom. The van der Waals surface area contributed by atoms with E-state index in [0.717, 1.165) is 11.1 Å². The van der Waals surface area contributed by atoms with Crippen LogP contribution in [0.15, 0.2) is 72.8 Å². The van der Waals surface area contributed by atoms with E-state index in [1.54, 1.807) is 24.3 Å². The topological polar surface area (TPSA) is 132 Å². The highest BCUT2D eigenvalue weighted by molar-refractivity contribution is 5.86. The van der Waals surface area contributed by atoms with E-state index in [9.17, 15) is 18.8 Å². The van der Waals surface area contributed by atoms with Gasteiger partial charge in [0.25, 0.3) is 11.8 Å². The van der Waals surface area contributed by atoms with Crippen LogP contribution in [0, 0.1) is 17.1 Å². The maximum absolute atomic E-state index is 12.9. The lowest BCUT2D eigenvalue weighted by atomic mass is 10.0. The molecular weight excluding hydrogens is 453 g/mol. The van der Waals surface area contributed by atoms with Crippen LogP contribution in [0.1, 0.15) is 11.1 Å². The van der Waals surface area contributed by atoms with Crippen LogP contribution in [0.25, 0.3) is 11.1 Å². The van der Waals surface area contributed by atoms with Gasteiger partial charge in [0.2, 0.25) is 0 Å². The number of nitriles is 1. The molecule has 0 radical (unpaired) electrons. The summed E-state index contributed by atoms with van der Waals surface area (Å²) in [4.78, 5) is 35.4. The number of amides is 4. The molecule has 35 heavy (non-hydrogen) atoms. The van der Waals surface area contributed by atoms with Gasteiger partial charge in [0.05, 0.1) is 11.6 Å². The molecule has 0 atom stereocenters. The summed E-state index contributed by atoms with van der Waals surface area (Å²) in [5.41, 5.74) is 7.49. The third kappa shape index (κ3) is 8.18. The Morgan fingerprint density at radius 3 is 2.03 bits per heavy atom. The third-order valence-corrected chi connectivity index (χ3v) is 4.69. The molecule has 0 spiro atoms. The minimum atomic E-state index is -0.637. The van der Waals surface area contributed by atoms with Crippen LogP contribution in [0.5, 0.6) is 5.75 Å². The summed E-state index contributed by atoms with van der Waals surface area (Å²) in [6, 6.07) is 21.3. The quantitative estimate of drug-likeness (QED) is 0.372. The summed E-state index contributed by atoms with van der Waals surface area (Å²) in [7, 11) is 0. The molecule has 0 saturated carbocycles. The zero-order chi connectivity index (χ0) is 25.0. The Hall–Kier alpha value is -4.91. The molecule has 3 rings (SSSR count). The molecule has 178 valence electrons. The molecule has 0 bridgehead atoms. The molecule has 0 aliphatic carbocycles. The first-order valence-electron chi connectivity index (χ1n) is 10.5. The second-order valence-electron chi connectivity index (χ2n) is 7.26. The standard InChI is InChI=1S/C25H22FN5O4/c26-21-9-3-18(4-10-21)14-28-25(34)29-15-23(32)30-31-24(33)16-35-22-11-7-20(8-12-22)19-5-1-17(13-27)2-6-19/h1-12H,14-16H2,(H,30,32)(H,31,33)(H2,28,29,34). The molecule has 9 nitrogen and oxygen atoms in total. The average Bonchev–Trinajstić information content (AvgIpc) is 2.89. The van der Waals surface area contributed by atoms with Crippen LogP contribution in [-0.2, 0) is 16.1 Å². The van der Waals surface area contributed by atoms with Crippen LogP contribution in [0.3, 0.4) is 0 Å². The van der Waals surface area contributed by atoms with Gasteiger partial charge in [0.15, 0.2) is 6.61 Å². The van der Waals surface area contributed by atoms with Gasteiger partial charge >= 0.3 is 6.03 Å². The van der Waals surface area contributed by atoms with Gasteiger partial charge in [-0.3, -0.25) is 20.4 Å². The maximum atomic E-state index is 12.9. The van der Waals surface area contributed by atoms with Crippen LogP contribution in [0.4, 0.5) is 9.18 Å². The number of nitrogens with one attached hydrogen (secondary N) is 4. The summed E-state index contributed by atoms with van der Waals surface area (Å²) >= 11 is 0. The number of hydrogen-bond donors (Lipinski definition) is 4. The molecule has 0 heterocycles. The molecule has 10 heteroatoms. The molecule has 3 aromatic carbocycles. The highest BCUT2D eigenvalue weighted by Crippen LogP contribution is 2.22. The number of carbonyl (C=O) groups excluding carboxylic acids is 3. The van der Waals surface area contributed by atoms with Crippen molar-refractivity contribution in [1.29, 1.82) is 5.26 Å². The summed E-state index contributed by atoms with van der Waals surface area (Å²) in [5.74, 6) is -1.14. The minimum absolute atomic E-state index is 0.163. The summed E-state index contributed by atoms with van der Waals surface area (Å²) in [5, 5.41) is 13.7. The van der Waals surface area contributed by atoms with Gasteiger partial charge < -0.3 is 15.4 Å². The monoisotopic (exact) mass is 475 g/mol. The van der Waals surface area contributed by atoms with Crippen LogP contribution in [-0.4, -0.2) is 31.0 Å². The van der Waals surface area contributed by atoms with E-state index in [2.05, 4.69) is 27.6 Å². The second-order valence-corrected chi connectivity index (χ2v) is 7.26. The molecule has 0 aromatic heterocycles. The van der Waals surface area contributed by atoms with Crippen molar-refractivity contribution in [1.82, 2.24) is 21.5 Å². The molecule has 0 aliphatic heterocycles. The van der Waals surface area contributed by atoms with Crippen LogP contribution in [0.2, 0.25) is 0 Å². The van der Waals surface area contributed by atoms with Crippen LogP contribution >= 0.6 is 0 Å². The van der Waals surface area contributed by atoms with Crippen LogP contribution < -0.4 is 26.2 Å². The normalized spacial score (nSPS) is 9.94. The molecule has 0 aliphatic rings. The number of benzene rings is 3. The van der Waals surface area contributed by atoms with Crippen molar-refractivity contribution in [2.75, 3.05) is 13.2 Å². The van der Waals surface area contributed by atoms with E-state index in [1.165, 1.54) is 24.3 Å². The Morgan fingerprint density at radius 2 is 1.40 bits per heavy atom. The van der Waals surface area contributed by atoms with Gasteiger partial charge in [-0.1, -0.05) is 36.4 Å². The van der Waals surface area contributed by atoms with Crippen molar-refractivity contribution in [3.8, 4) is 22.9 Å². The smallest absolute Gasteiger partial charge is 0.315 e. The van der Waals surface area contributed by atoms with E-state index in [4.69, 9.17) is 10.00 Å². The molecule has 3 aromatic rings. The number of urea groups is 1. The minimum Gasteiger partial charge on any atom is -0.484 e. The van der Waals surface area contributed by atoms with E-state index in [-0.39, 0.29) is 25.5 Å². The van der Waals surface area contributed by atoms with Crippen molar-refractivity contribution >= 4 is 17.8 Å². The van der Waals surface area contributed by atoms with E-state index in [1.807, 2.05) is 24.3 Å². The van der Waals surface area contributed by atoms with Crippen molar-refractivity contribution in [2.45, 2.75) is 6.54 Å². The first-order chi connectivity index (χ1) is 16.9. The lowest BCUT2D eigenvalue weighted by molar-refractivity contribution is -0.129. The molecule has 0 fully saturated rings. The number of hydrazine groups is 1. The Bertz CT molecular complexity index is 1210. The number of rotatable bonds is 8. The summed E-state index contributed by atoms with van der Waals surface area (Å²) in [6.45, 7) is -0.536. The number of ether oxygens (including phenoxy) is 1. The van der Waals surface area contributed by atoms with Gasteiger partial charge in [0, 0.05) is 6.54 Å². The van der Waals surface area contributed by atoms with Gasteiger partial charge in [-0.15, -0.1) is 0 Å². The van der Waals surface area contributed by atoms with Crippen molar-refractivity contribution in [2.24, 2.45) is 0 Å². The predicted molar refractivity (Wildman–Crippen MR) is 125 cm³/mol. The van der Waals surface area contributed by atoms with Crippen molar-refractivity contribution in [3.63, 3.8) is 0 Å². The number of hydrogen-bond acceptors (Lipinski definition) is 5. The van der Waals surface area contributed by atoms with Gasteiger partial charge in [-0.2, -0.15) is 5.26 Å². The first kappa shape index (κ1) is 24.7. The number of halogens is 1. The van der Waals surface area contributed by atoms with Crippen molar-refractivity contribution < 1.29 is 23.5 Å². The fourth-order valence-electron chi connectivity index (χ4n) is 2.86. The molecule has 4 N–H and O–H groups in total. The zero-order valence-corrected chi connectivity index (χ0v) is 18.5. The number of nitrogens with zero attached hydrogens (tertiary/aromatic N) is 1. The van der Waals surface area contributed by atoms with Crippen molar-refractivity contribution in [3.05, 3.63) is 89.7 Å². The Kier molecular flexibility index (Phi) is 8.73. The lowest BCUT2D eigenvalue weighted by Gasteiger charge is -2.10. The largest absolute Gasteiger partial charge is 0.484 e.